The van der Waals surface area contributed by atoms with Crippen molar-refractivity contribution in [2.75, 3.05) is 10.6 Å². The average molecular weight is 458 g/mol. The zero-order valence-corrected chi connectivity index (χ0v) is 19.5. The smallest absolute Gasteiger partial charge is 0.263 e. The molecule has 0 radical (unpaired) electrons. The van der Waals surface area contributed by atoms with Gasteiger partial charge in [-0.05, 0) is 69.0 Å². The molecule has 8 heteroatoms. The van der Waals surface area contributed by atoms with Gasteiger partial charge in [-0.25, -0.2) is 13.8 Å². The summed E-state index contributed by atoms with van der Waals surface area (Å²) in [6, 6.07) is 15.0. The minimum Gasteiger partial charge on any atom is -0.457 e. The molecule has 1 atom stereocenters. The number of sulfonamides is 1. The lowest BCUT2D eigenvalue weighted by Crippen LogP contribution is -2.46. The molecule has 0 heterocycles. The molecular weight excluding hydrogens is 426 g/mol. The highest BCUT2D eigenvalue weighted by atomic mass is 32.2. The number of carbonyl (C=O) groups excluding carboxylic acids is 1. The van der Waals surface area contributed by atoms with Crippen molar-refractivity contribution in [2.45, 2.75) is 57.9 Å². The number of amides is 1. The second-order valence-corrected chi connectivity index (χ2v) is 9.93. The number of ether oxygens (including phenoxy) is 1. The maximum absolute atomic E-state index is 12.8. The highest BCUT2D eigenvalue weighted by molar-refractivity contribution is 7.92. The molecule has 0 spiro atoms. The molecule has 32 heavy (non-hydrogen) atoms. The van der Waals surface area contributed by atoms with Gasteiger partial charge >= 0.3 is 0 Å². The predicted octanol–water partition coefficient (Wildman–Crippen LogP) is 4.85. The van der Waals surface area contributed by atoms with Gasteiger partial charge in [0.2, 0.25) is 10.0 Å². The normalized spacial score (nSPS) is 15.8. The van der Waals surface area contributed by atoms with E-state index in [1.54, 1.807) is 31.2 Å². The highest BCUT2D eigenvalue weighted by Crippen LogP contribution is 2.27. The highest BCUT2D eigenvalue weighted by Gasteiger charge is 2.29. The van der Waals surface area contributed by atoms with Crippen LogP contribution < -0.4 is 14.5 Å². The lowest BCUT2D eigenvalue weighted by atomic mass is 9.99. The molecule has 1 fully saturated rings. The molecule has 1 amide bonds. The SMILES string of the molecule is C[C@H](C(=O)NN=C1CCCCCCC1)N(c1ccc(Oc2ccccc2)cc1)S(C)(=O)=O. The number of hydrogen-bond acceptors (Lipinski definition) is 5. The Labute approximate surface area is 190 Å². The fraction of sp³-hybridized carbons (Fsp3) is 0.417. The molecule has 1 saturated carbocycles. The van der Waals surface area contributed by atoms with Gasteiger partial charge < -0.3 is 4.74 Å². The third-order valence-electron chi connectivity index (χ3n) is 5.41. The first-order valence-electron chi connectivity index (χ1n) is 11.0. The average Bonchev–Trinajstić information content (AvgIpc) is 2.74. The Morgan fingerprint density at radius 3 is 2.09 bits per heavy atom. The van der Waals surface area contributed by atoms with Crippen LogP contribution in [0.2, 0.25) is 0 Å². The van der Waals surface area contributed by atoms with Crippen LogP contribution in [0.5, 0.6) is 11.5 Å². The summed E-state index contributed by atoms with van der Waals surface area (Å²) in [7, 11) is -3.70. The van der Waals surface area contributed by atoms with E-state index in [0.717, 1.165) is 42.0 Å². The number of hydrazone groups is 1. The van der Waals surface area contributed by atoms with Crippen molar-refractivity contribution in [3.8, 4) is 11.5 Å². The fourth-order valence-electron chi connectivity index (χ4n) is 3.75. The molecule has 2 aromatic rings. The van der Waals surface area contributed by atoms with Crippen LogP contribution in [0.25, 0.3) is 0 Å². The minimum atomic E-state index is -3.70. The lowest BCUT2D eigenvalue weighted by molar-refractivity contribution is -0.121. The van der Waals surface area contributed by atoms with Crippen molar-refractivity contribution >= 4 is 27.3 Å². The van der Waals surface area contributed by atoms with E-state index in [0.29, 0.717) is 17.2 Å². The molecule has 2 aromatic carbocycles. The molecule has 0 bridgehead atoms. The van der Waals surface area contributed by atoms with Crippen molar-refractivity contribution in [2.24, 2.45) is 5.10 Å². The Hall–Kier alpha value is -2.87. The van der Waals surface area contributed by atoms with E-state index in [2.05, 4.69) is 10.5 Å². The molecule has 1 aliphatic carbocycles. The standard InChI is InChI=1S/C24H31N3O4S/c1-19(24(28)26-25-20-11-7-4-3-5-8-12-20)27(32(2,29)30)21-15-17-23(18-16-21)31-22-13-9-6-10-14-22/h6,9-10,13-19H,3-5,7-8,11-12H2,1-2H3,(H,26,28)/t19-/m1/s1. The Morgan fingerprint density at radius 1 is 0.938 bits per heavy atom. The van der Waals surface area contributed by atoms with E-state index in [1.165, 1.54) is 19.3 Å². The van der Waals surface area contributed by atoms with E-state index in [1.807, 2.05) is 30.3 Å². The lowest BCUT2D eigenvalue weighted by Gasteiger charge is -2.27. The van der Waals surface area contributed by atoms with E-state index < -0.39 is 22.0 Å². The van der Waals surface area contributed by atoms with E-state index in [-0.39, 0.29) is 0 Å². The van der Waals surface area contributed by atoms with Gasteiger partial charge in [-0.15, -0.1) is 0 Å². The van der Waals surface area contributed by atoms with Gasteiger partial charge in [-0.3, -0.25) is 9.10 Å². The number of hydrogen-bond donors (Lipinski definition) is 1. The number of carbonyl (C=O) groups is 1. The number of rotatable bonds is 7. The molecule has 3 rings (SSSR count). The number of benzene rings is 2. The Morgan fingerprint density at radius 2 is 1.50 bits per heavy atom. The van der Waals surface area contributed by atoms with Gasteiger partial charge in [-0.2, -0.15) is 5.10 Å². The van der Waals surface area contributed by atoms with Crippen LogP contribution in [0.15, 0.2) is 59.7 Å². The molecule has 0 unspecified atom stereocenters. The Bertz CT molecular complexity index is 1010. The van der Waals surface area contributed by atoms with E-state index >= 15 is 0 Å². The van der Waals surface area contributed by atoms with Crippen LogP contribution in [0.4, 0.5) is 5.69 Å². The number of nitrogens with zero attached hydrogens (tertiary/aromatic N) is 2. The van der Waals surface area contributed by atoms with E-state index in [4.69, 9.17) is 4.74 Å². The van der Waals surface area contributed by atoms with Crippen molar-refractivity contribution in [3.63, 3.8) is 0 Å². The fourth-order valence-corrected chi connectivity index (χ4v) is 4.92. The molecular formula is C24H31N3O4S. The van der Waals surface area contributed by atoms with E-state index in [9.17, 15) is 13.2 Å². The van der Waals surface area contributed by atoms with Gasteiger partial charge in [0.05, 0.1) is 11.9 Å². The maximum Gasteiger partial charge on any atom is 0.263 e. The third kappa shape index (κ3) is 6.82. The van der Waals surface area contributed by atoms with Crippen molar-refractivity contribution < 1.29 is 17.9 Å². The van der Waals surface area contributed by atoms with Crippen LogP contribution >= 0.6 is 0 Å². The van der Waals surface area contributed by atoms with Crippen LogP contribution in [-0.2, 0) is 14.8 Å². The van der Waals surface area contributed by atoms with Gasteiger partial charge in [0.1, 0.15) is 17.5 Å². The van der Waals surface area contributed by atoms with Crippen LogP contribution in [0.3, 0.4) is 0 Å². The van der Waals surface area contributed by atoms with Gasteiger partial charge in [0.15, 0.2) is 0 Å². The molecule has 1 aliphatic rings. The first-order valence-corrected chi connectivity index (χ1v) is 12.9. The number of nitrogens with one attached hydrogen (secondary N) is 1. The number of para-hydroxylation sites is 1. The summed E-state index contributed by atoms with van der Waals surface area (Å²) in [6.07, 6.45) is 8.56. The summed E-state index contributed by atoms with van der Waals surface area (Å²) >= 11 is 0. The van der Waals surface area contributed by atoms with Gasteiger partial charge in [-0.1, -0.05) is 37.5 Å². The second kappa shape index (κ2) is 11.1. The van der Waals surface area contributed by atoms with Crippen molar-refractivity contribution in [1.82, 2.24) is 5.43 Å². The van der Waals surface area contributed by atoms with Crippen LogP contribution in [0.1, 0.15) is 51.9 Å². The predicted molar refractivity (Wildman–Crippen MR) is 128 cm³/mol. The van der Waals surface area contributed by atoms with Gasteiger partial charge in [0, 0.05) is 5.71 Å². The topological polar surface area (TPSA) is 88.1 Å². The maximum atomic E-state index is 12.8. The quantitative estimate of drug-likeness (QED) is 0.602. The van der Waals surface area contributed by atoms with Gasteiger partial charge in [0.25, 0.3) is 5.91 Å². The minimum absolute atomic E-state index is 0.383. The zero-order valence-electron chi connectivity index (χ0n) is 18.7. The third-order valence-corrected chi connectivity index (χ3v) is 6.66. The first kappa shape index (κ1) is 23.8. The molecule has 0 aliphatic heterocycles. The summed E-state index contributed by atoms with van der Waals surface area (Å²) in [5, 5.41) is 4.30. The summed E-state index contributed by atoms with van der Waals surface area (Å²) < 4.78 is 31.9. The van der Waals surface area contributed by atoms with Crippen molar-refractivity contribution in [1.29, 1.82) is 0 Å². The number of anilines is 1. The summed E-state index contributed by atoms with van der Waals surface area (Å²) in [4.78, 5) is 12.8. The molecule has 0 aromatic heterocycles. The van der Waals surface area contributed by atoms with Crippen LogP contribution in [-0.4, -0.2) is 32.3 Å². The molecule has 1 N–H and O–H groups in total. The summed E-state index contributed by atoms with van der Waals surface area (Å²) in [5.41, 5.74) is 3.94. The first-order chi connectivity index (χ1) is 15.3. The summed E-state index contributed by atoms with van der Waals surface area (Å²) in [5.74, 6) is 0.789. The van der Waals surface area contributed by atoms with Crippen molar-refractivity contribution in [3.05, 3.63) is 54.6 Å². The largest absolute Gasteiger partial charge is 0.457 e. The molecule has 0 saturated heterocycles. The second-order valence-electron chi connectivity index (χ2n) is 8.07. The molecule has 7 nitrogen and oxygen atoms in total. The zero-order chi connectivity index (χ0) is 23.0. The Kier molecular flexibility index (Phi) is 8.27. The Balaban J connectivity index is 1.71. The molecule has 172 valence electrons. The monoisotopic (exact) mass is 457 g/mol. The van der Waals surface area contributed by atoms with Crippen LogP contribution in [0, 0.1) is 0 Å². The summed E-state index contributed by atoms with van der Waals surface area (Å²) in [6.45, 7) is 1.56.